The number of ketones is 3. The molecule has 0 aromatic heterocycles. The second-order valence-corrected chi connectivity index (χ2v) is 21.5. The van der Waals surface area contributed by atoms with Gasteiger partial charge in [-0.2, -0.15) is 0 Å². The van der Waals surface area contributed by atoms with Crippen molar-refractivity contribution in [2.75, 3.05) is 6.54 Å². The number of hydrogen-bond donors (Lipinski definition) is 6. The number of aliphatic hydroxyl groups is 3. The SMILES string of the molecule is C[C@@H](C(=O)O)C(=O)[C@]1(O)C2=CCC3=C2[C@H]2C([C@@H](C)[C@H]1CN=C(N)N)[C@]14CCCCC[C@]56CCC(=O)C(C)(C)[C@H]5[C@H](C=Cc5ccccc5)[C@@]5(O)C=C(C3)[C@@]2(O)[C@]1(C)C5=C6C(=O)C4. The van der Waals surface area contributed by atoms with Crippen LogP contribution >= 0.6 is 0 Å². The summed E-state index contributed by atoms with van der Waals surface area (Å²) in [4.78, 5) is 62.0. The third kappa shape index (κ3) is 4.65. The fourth-order valence-corrected chi connectivity index (χ4v) is 16.7. The highest BCUT2D eigenvalue weighted by Gasteiger charge is 2.86. The van der Waals surface area contributed by atoms with Gasteiger partial charge in [-0.15, -0.1) is 0 Å². The Hall–Kier alpha value is -4.45. The number of Topliss-reactive ketones (excluding diaryl/α,β-unsaturated/α-hetero) is 3. The minimum Gasteiger partial charge on any atom is -0.481 e. The molecule has 62 heavy (non-hydrogen) atoms. The molecule has 11 heteroatoms. The molecule has 3 saturated carbocycles. The lowest BCUT2D eigenvalue weighted by Gasteiger charge is -2.70. The van der Waals surface area contributed by atoms with Gasteiger partial charge in [0.15, 0.2) is 23.1 Å². The molecule has 1 aromatic carbocycles. The molecule has 0 saturated heterocycles. The van der Waals surface area contributed by atoms with Gasteiger partial charge >= 0.3 is 5.97 Å². The van der Waals surface area contributed by atoms with Crippen LogP contribution < -0.4 is 11.5 Å². The van der Waals surface area contributed by atoms with Crippen LogP contribution in [0.4, 0.5) is 0 Å². The molecular weight excluding hydrogens is 783 g/mol. The Morgan fingerprint density at radius 2 is 1.71 bits per heavy atom. The number of carboxylic acids is 1. The number of guanidine groups is 1. The molecule has 0 amide bonds. The lowest BCUT2D eigenvalue weighted by molar-refractivity contribution is -0.172. The molecule has 0 aliphatic heterocycles. The van der Waals surface area contributed by atoms with Gasteiger partial charge in [-0.05, 0) is 96.1 Å². The molecular formula is C51H61N3O8. The van der Waals surface area contributed by atoms with Crippen molar-refractivity contribution in [3.63, 3.8) is 0 Å². The third-order valence-electron chi connectivity index (χ3n) is 19.0. The van der Waals surface area contributed by atoms with Gasteiger partial charge in [0.25, 0.3) is 0 Å². The van der Waals surface area contributed by atoms with Crippen molar-refractivity contribution < 1.29 is 39.6 Å². The Bertz CT molecular complexity index is 2440. The Morgan fingerprint density at radius 3 is 2.40 bits per heavy atom. The summed E-state index contributed by atoms with van der Waals surface area (Å²) in [5, 5.41) is 52.4. The van der Waals surface area contributed by atoms with Crippen molar-refractivity contribution in [2.45, 2.75) is 116 Å². The van der Waals surface area contributed by atoms with Gasteiger partial charge in [-0.1, -0.05) is 101 Å². The van der Waals surface area contributed by atoms with Crippen molar-refractivity contribution >= 4 is 35.4 Å². The van der Waals surface area contributed by atoms with Crippen LogP contribution in [0, 0.1) is 63.1 Å². The zero-order valence-electron chi connectivity index (χ0n) is 36.5. The molecule has 9 aliphatic carbocycles. The molecule has 1 unspecified atom stereocenters. The number of rotatable bonds is 7. The van der Waals surface area contributed by atoms with E-state index in [4.69, 9.17) is 11.5 Å². The monoisotopic (exact) mass is 843 g/mol. The van der Waals surface area contributed by atoms with E-state index in [9.17, 15) is 34.8 Å². The molecule has 1 spiro atoms. The average molecular weight is 844 g/mol. The highest BCUT2D eigenvalue weighted by molar-refractivity contribution is 6.06. The van der Waals surface area contributed by atoms with E-state index in [1.807, 2.05) is 69.3 Å². The van der Waals surface area contributed by atoms with Crippen LogP contribution in [-0.4, -0.2) is 73.1 Å². The molecule has 328 valence electrons. The van der Waals surface area contributed by atoms with Crippen LogP contribution in [-0.2, 0) is 19.2 Å². The zero-order valence-corrected chi connectivity index (χ0v) is 36.5. The molecule has 0 heterocycles. The number of carboxylic acid groups (broad SMARTS) is 1. The third-order valence-corrected chi connectivity index (χ3v) is 19.0. The molecule has 4 bridgehead atoms. The van der Waals surface area contributed by atoms with E-state index in [2.05, 4.69) is 18.0 Å². The number of hydrogen-bond acceptors (Lipinski definition) is 8. The molecule has 10 rings (SSSR count). The van der Waals surface area contributed by atoms with E-state index in [1.54, 1.807) is 0 Å². The fraction of sp³-hybridized carbons (Fsp3) is 0.588. The van der Waals surface area contributed by atoms with Crippen molar-refractivity contribution in [3.8, 4) is 0 Å². The van der Waals surface area contributed by atoms with Crippen LogP contribution in [0.25, 0.3) is 6.08 Å². The second-order valence-electron chi connectivity index (χ2n) is 21.5. The number of nitrogens with zero attached hydrogens (tertiary/aromatic N) is 1. The molecule has 11 nitrogen and oxygen atoms in total. The van der Waals surface area contributed by atoms with Gasteiger partial charge in [0.05, 0.1) is 0 Å². The first-order valence-corrected chi connectivity index (χ1v) is 22.9. The first-order chi connectivity index (χ1) is 29.2. The Labute approximate surface area is 363 Å². The Balaban J connectivity index is 1.32. The lowest BCUT2D eigenvalue weighted by atomic mass is 9.33. The van der Waals surface area contributed by atoms with Gasteiger partial charge in [0.1, 0.15) is 22.9 Å². The summed E-state index contributed by atoms with van der Waals surface area (Å²) in [6.07, 6.45) is 13.0. The summed E-state index contributed by atoms with van der Waals surface area (Å²) < 4.78 is 0. The maximum Gasteiger partial charge on any atom is 0.313 e. The van der Waals surface area contributed by atoms with Crippen molar-refractivity contribution in [1.29, 1.82) is 0 Å². The summed E-state index contributed by atoms with van der Waals surface area (Å²) in [5.41, 5.74) is 7.04. The van der Waals surface area contributed by atoms with Crippen LogP contribution in [0.3, 0.4) is 0 Å². The van der Waals surface area contributed by atoms with Crippen LogP contribution in [0.1, 0.15) is 104 Å². The Kier molecular flexibility index (Phi) is 8.76. The fourth-order valence-electron chi connectivity index (χ4n) is 16.7. The topological polar surface area (TPSA) is 214 Å². The van der Waals surface area contributed by atoms with E-state index >= 15 is 4.79 Å². The molecule has 8 N–H and O–H groups in total. The van der Waals surface area contributed by atoms with Crippen molar-refractivity contribution in [1.82, 2.24) is 0 Å². The highest BCUT2D eigenvalue weighted by Crippen LogP contribution is 2.85. The van der Waals surface area contributed by atoms with E-state index in [-0.39, 0.29) is 36.9 Å². The number of allylic oxidation sites excluding steroid dienone is 3. The summed E-state index contributed by atoms with van der Waals surface area (Å²) in [5.74, 6) is -7.95. The number of nitrogens with two attached hydrogens (primary N) is 2. The number of carbonyl (C=O) groups is 4. The number of aliphatic imine (C=N–C) groups is 1. The second kappa shape index (κ2) is 13.1. The van der Waals surface area contributed by atoms with Gasteiger partial charge in [-0.25, -0.2) is 0 Å². The minimum atomic E-state index is -2.33. The predicted molar refractivity (Wildman–Crippen MR) is 233 cm³/mol. The minimum absolute atomic E-state index is 0.0583. The van der Waals surface area contributed by atoms with E-state index in [1.165, 1.54) is 6.92 Å². The van der Waals surface area contributed by atoms with E-state index in [0.717, 1.165) is 30.4 Å². The summed E-state index contributed by atoms with van der Waals surface area (Å²) in [6.45, 7) is 9.18. The van der Waals surface area contributed by atoms with E-state index in [0.29, 0.717) is 60.0 Å². The molecule has 0 radical (unpaired) electrons. The quantitative estimate of drug-likeness (QED) is 0.0842. The van der Waals surface area contributed by atoms with Gasteiger partial charge in [0.2, 0.25) is 0 Å². The largest absolute Gasteiger partial charge is 0.481 e. The van der Waals surface area contributed by atoms with Crippen LogP contribution in [0.2, 0.25) is 0 Å². The first kappa shape index (κ1) is 41.6. The number of benzene rings is 1. The molecule has 13 atom stereocenters. The smallest absolute Gasteiger partial charge is 0.313 e. The van der Waals surface area contributed by atoms with Gasteiger partial charge in [0, 0.05) is 59.0 Å². The maximum atomic E-state index is 16.0. The number of carbonyl (C=O) groups excluding carboxylic acids is 3. The average Bonchev–Trinajstić information content (AvgIpc) is 3.69. The van der Waals surface area contributed by atoms with Gasteiger partial charge in [-0.3, -0.25) is 24.2 Å². The predicted octanol–water partition coefficient (Wildman–Crippen LogP) is 5.79. The molecule has 3 fully saturated rings. The van der Waals surface area contributed by atoms with Crippen LogP contribution in [0.15, 0.2) is 87.0 Å². The molecule has 1 aromatic rings. The summed E-state index contributed by atoms with van der Waals surface area (Å²) in [7, 11) is 0. The van der Waals surface area contributed by atoms with Crippen molar-refractivity contribution in [2.24, 2.45) is 79.5 Å². The first-order valence-electron chi connectivity index (χ1n) is 22.9. The van der Waals surface area contributed by atoms with Gasteiger partial charge < -0.3 is 31.9 Å². The number of aliphatic carboxylic acids is 1. The van der Waals surface area contributed by atoms with E-state index < -0.39 is 91.6 Å². The standard InChI is InChI=1S/C51H61N3O8/c1-26-33(25-54-44(52)53)50(61,42(57)27(2)43(58)59)31-17-15-29-22-30-23-49(60)32(16-14-28-12-8-6-9-13-28)40-45(3,4)35(56)18-21-47(40)19-10-7-11-20-48-24-34(55)38(47)41(49)46(48,5)51(30,62)39(36(29)31)37(26)48/h6,8-9,12-14,16-17,23,26-27,32-33,37,39-40,60-62H,7,10-11,15,18-22,24-25H2,1-5H3,(H,58,59)(H4,52,53,54)/t26-,27+,32-,33+,37?,39-,40+,46+,47+,48+,49-,50-,51-/m0/s1. The molecule has 9 aliphatic rings. The summed E-state index contributed by atoms with van der Waals surface area (Å²) >= 11 is 0. The van der Waals surface area contributed by atoms with Crippen molar-refractivity contribution in [3.05, 3.63) is 87.6 Å². The Morgan fingerprint density at radius 1 is 1.00 bits per heavy atom. The maximum absolute atomic E-state index is 16.0. The lowest BCUT2D eigenvalue weighted by Crippen LogP contribution is -2.72. The highest BCUT2D eigenvalue weighted by atomic mass is 16.4. The van der Waals surface area contributed by atoms with Crippen LogP contribution in [0.5, 0.6) is 0 Å². The summed E-state index contributed by atoms with van der Waals surface area (Å²) in [6, 6.07) is 9.92. The normalized spacial score (nSPS) is 43.7. The zero-order chi connectivity index (χ0) is 44.3.